The zero-order valence-electron chi connectivity index (χ0n) is 23.3. The molecule has 3 rings (SSSR count). The normalized spacial score (nSPS) is 16.9. The Morgan fingerprint density at radius 1 is 1.10 bits per heavy atom. The SMILES string of the molecule is COc1cccc2[nH]c(C(=O)NC(CC(C)C)C(=O)NC(C[C@@H]3CCNC3=O)C(=O)COP(=O)(OC)OC)cc12. The highest BCUT2D eigenvalue weighted by molar-refractivity contribution is 7.48. The third kappa shape index (κ3) is 7.91. The van der Waals surface area contributed by atoms with Crippen LogP contribution in [0.5, 0.6) is 5.75 Å². The number of Topliss-reactive ketones (excluding diaryl/α,β-unsaturated/α-hetero) is 1. The number of methoxy groups -OCH3 is 1. The van der Waals surface area contributed by atoms with E-state index in [0.29, 0.717) is 29.6 Å². The summed E-state index contributed by atoms with van der Waals surface area (Å²) < 4.78 is 32.1. The zero-order chi connectivity index (χ0) is 29.4. The number of H-pyrrole nitrogens is 1. The molecule has 4 N–H and O–H groups in total. The maximum Gasteiger partial charge on any atom is 0.474 e. The molecule has 0 spiro atoms. The molecule has 40 heavy (non-hydrogen) atoms. The number of aromatic amines is 1. The Bertz CT molecular complexity index is 1270. The van der Waals surface area contributed by atoms with E-state index >= 15 is 0 Å². The van der Waals surface area contributed by atoms with Crippen LogP contribution in [0.1, 0.15) is 43.6 Å². The number of hydrogen-bond acceptors (Lipinski definition) is 9. The highest BCUT2D eigenvalue weighted by Gasteiger charge is 2.35. The molecule has 3 atom stereocenters. The van der Waals surface area contributed by atoms with E-state index < -0.39 is 50.0 Å². The first kappa shape index (κ1) is 31.3. The molecular formula is C26H37N4O9P. The fraction of sp³-hybridized carbons (Fsp3) is 0.538. The largest absolute Gasteiger partial charge is 0.496 e. The molecular weight excluding hydrogens is 543 g/mol. The molecule has 0 aliphatic carbocycles. The average Bonchev–Trinajstić information content (AvgIpc) is 3.56. The fourth-order valence-electron chi connectivity index (χ4n) is 4.49. The summed E-state index contributed by atoms with van der Waals surface area (Å²) >= 11 is 0. The third-order valence-electron chi connectivity index (χ3n) is 6.62. The maximum atomic E-state index is 13.4. The van der Waals surface area contributed by atoms with Gasteiger partial charge in [0.1, 0.15) is 24.1 Å². The number of carbonyl (C=O) groups is 4. The average molecular weight is 581 g/mol. The Labute approximate surface area is 232 Å². The van der Waals surface area contributed by atoms with Crippen LogP contribution in [0.15, 0.2) is 24.3 Å². The lowest BCUT2D eigenvalue weighted by atomic mass is 9.95. The Morgan fingerprint density at radius 2 is 1.82 bits per heavy atom. The van der Waals surface area contributed by atoms with Gasteiger partial charge in [-0.2, -0.15) is 0 Å². The maximum absolute atomic E-state index is 13.4. The number of rotatable bonds is 15. The first-order valence-corrected chi connectivity index (χ1v) is 14.4. The van der Waals surface area contributed by atoms with Gasteiger partial charge in [0, 0.05) is 37.6 Å². The Kier molecular flexibility index (Phi) is 10.9. The van der Waals surface area contributed by atoms with Crippen LogP contribution in [-0.2, 0) is 32.5 Å². The first-order chi connectivity index (χ1) is 19.0. The Hall–Kier alpha value is -3.25. The number of phosphoric acid groups is 1. The molecule has 0 saturated carbocycles. The van der Waals surface area contributed by atoms with Crippen LogP contribution in [-0.4, -0.2) is 75.1 Å². The van der Waals surface area contributed by atoms with Crippen LogP contribution < -0.4 is 20.7 Å². The van der Waals surface area contributed by atoms with Gasteiger partial charge in [-0.15, -0.1) is 0 Å². The second kappa shape index (κ2) is 13.9. The van der Waals surface area contributed by atoms with E-state index in [-0.39, 0.29) is 30.4 Å². The summed E-state index contributed by atoms with van der Waals surface area (Å²) in [5.74, 6) is -1.86. The summed E-state index contributed by atoms with van der Waals surface area (Å²) in [7, 11) is -0.194. The van der Waals surface area contributed by atoms with Crippen LogP contribution in [0.2, 0.25) is 0 Å². The van der Waals surface area contributed by atoms with Gasteiger partial charge in [-0.1, -0.05) is 19.9 Å². The van der Waals surface area contributed by atoms with Gasteiger partial charge in [0.05, 0.1) is 13.2 Å². The highest BCUT2D eigenvalue weighted by atomic mass is 31.2. The van der Waals surface area contributed by atoms with Gasteiger partial charge >= 0.3 is 7.82 Å². The smallest absolute Gasteiger partial charge is 0.474 e. The summed E-state index contributed by atoms with van der Waals surface area (Å²) in [6, 6.07) is 4.87. The molecule has 1 aliphatic rings. The highest BCUT2D eigenvalue weighted by Crippen LogP contribution is 2.47. The van der Waals surface area contributed by atoms with Gasteiger partial charge in [-0.05, 0) is 43.4 Å². The van der Waals surface area contributed by atoms with E-state index in [2.05, 4.69) is 20.9 Å². The van der Waals surface area contributed by atoms with Crippen molar-refractivity contribution in [2.75, 3.05) is 34.5 Å². The van der Waals surface area contributed by atoms with Crippen molar-refractivity contribution in [3.63, 3.8) is 0 Å². The number of phosphoric ester groups is 1. The summed E-state index contributed by atoms with van der Waals surface area (Å²) in [4.78, 5) is 55.0. The lowest BCUT2D eigenvalue weighted by molar-refractivity contribution is -0.131. The minimum atomic E-state index is -3.95. The minimum absolute atomic E-state index is 0.00812. The van der Waals surface area contributed by atoms with Crippen molar-refractivity contribution in [2.45, 2.75) is 45.2 Å². The van der Waals surface area contributed by atoms with Gasteiger partial charge < -0.3 is 25.7 Å². The number of amides is 3. The molecule has 0 bridgehead atoms. The molecule has 2 aromatic rings. The van der Waals surface area contributed by atoms with E-state index in [9.17, 15) is 23.7 Å². The van der Waals surface area contributed by atoms with Crippen LogP contribution in [0.4, 0.5) is 0 Å². The standard InChI is InChI=1S/C26H37N4O9P/c1-15(2)11-20(30-26(34)21-13-17-18(28-21)7-6-8-23(17)36-3)25(33)29-19(12-16-9-10-27-24(16)32)22(31)14-39-40(35,37-4)38-5/h6-8,13,15-16,19-20,28H,9-12,14H2,1-5H3,(H,27,32)(H,29,33)(H,30,34)/t16-,19?,20?/m0/s1. The number of carbonyl (C=O) groups excluding carboxylic acids is 4. The summed E-state index contributed by atoms with van der Waals surface area (Å²) in [6.07, 6.45) is 0.781. The number of fused-ring (bicyclic) bond motifs is 1. The fourth-order valence-corrected chi connectivity index (χ4v) is 5.13. The molecule has 1 aromatic heterocycles. The van der Waals surface area contributed by atoms with Gasteiger partial charge in [0.2, 0.25) is 11.8 Å². The molecule has 2 unspecified atom stereocenters. The monoisotopic (exact) mass is 580 g/mol. The Balaban J connectivity index is 1.78. The number of ether oxygens (including phenoxy) is 1. The number of hydrogen-bond donors (Lipinski definition) is 4. The van der Waals surface area contributed by atoms with Gasteiger partial charge in [0.15, 0.2) is 5.78 Å². The van der Waals surface area contributed by atoms with Crippen molar-refractivity contribution in [2.24, 2.45) is 11.8 Å². The van der Waals surface area contributed by atoms with Crippen LogP contribution >= 0.6 is 7.82 Å². The number of ketones is 1. The Morgan fingerprint density at radius 3 is 2.42 bits per heavy atom. The van der Waals surface area contributed by atoms with E-state index in [4.69, 9.17) is 18.3 Å². The zero-order valence-corrected chi connectivity index (χ0v) is 24.2. The first-order valence-electron chi connectivity index (χ1n) is 12.9. The lowest BCUT2D eigenvalue weighted by Gasteiger charge is -2.25. The molecule has 3 amide bonds. The molecule has 1 fully saturated rings. The van der Waals surface area contributed by atoms with Crippen LogP contribution in [0.25, 0.3) is 10.9 Å². The second-order valence-corrected chi connectivity index (χ2v) is 11.8. The third-order valence-corrected chi connectivity index (χ3v) is 7.96. The lowest BCUT2D eigenvalue weighted by Crippen LogP contribution is -2.53. The molecule has 1 aromatic carbocycles. The van der Waals surface area contributed by atoms with E-state index in [1.807, 2.05) is 13.8 Å². The van der Waals surface area contributed by atoms with Crippen molar-refractivity contribution in [1.82, 2.24) is 20.9 Å². The molecule has 2 heterocycles. The van der Waals surface area contributed by atoms with Crippen molar-refractivity contribution in [3.8, 4) is 5.75 Å². The van der Waals surface area contributed by atoms with Crippen LogP contribution in [0, 0.1) is 11.8 Å². The molecule has 14 heteroatoms. The van der Waals surface area contributed by atoms with Gasteiger partial charge in [-0.3, -0.25) is 32.7 Å². The summed E-state index contributed by atoms with van der Waals surface area (Å²) in [5.41, 5.74) is 0.930. The topological polar surface area (TPSA) is 174 Å². The molecule has 13 nitrogen and oxygen atoms in total. The number of benzene rings is 1. The predicted octanol–water partition coefficient (Wildman–Crippen LogP) is 2.32. The van der Waals surface area contributed by atoms with Crippen molar-refractivity contribution in [1.29, 1.82) is 0 Å². The minimum Gasteiger partial charge on any atom is -0.496 e. The van der Waals surface area contributed by atoms with Gasteiger partial charge in [0.25, 0.3) is 5.91 Å². The van der Waals surface area contributed by atoms with E-state index in [1.165, 1.54) is 7.11 Å². The quantitative estimate of drug-likeness (QED) is 0.231. The van der Waals surface area contributed by atoms with E-state index in [0.717, 1.165) is 14.2 Å². The second-order valence-electron chi connectivity index (χ2n) is 9.89. The molecule has 1 saturated heterocycles. The van der Waals surface area contributed by atoms with Gasteiger partial charge in [-0.25, -0.2) is 4.57 Å². The summed E-state index contributed by atoms with van der Waals surface area (Å²) in [6.45, 7) is 3.56. The van der Waals surface area contributed by atoms with Crippen LogP contribution in [0.3, 0.4) is 0 Å². The molecule has 1 aliphatic heterocycles. The van der Waals surface area contributed by atoms with Crippen molar-refractivity contribution >= 4 is 42.2 Å². The molecule has 220 valence electrons. The molecule has 0 radical (unpaired) electrons. The number of aromatic nitrogens is 1. The van der Waals surface area contributed by atoms with Crippen molar-refractivity contribution < 1.29 is 42.1 Å². The summed E-state index contributed by atoms with van der Waals surface area (Å²) in [5, 5.41) is 8.85. The number of nitrogens with one attached hydrogen (secondary N) is 4. The van der Waals surface area contributed by atoms with E-state index in [1.54, 1.807) is 24.3 Å². The predicted molar refractivity (Wildman–Crippen MR) is 146 cm³/mol. The van der Waals surface area contributed by atoms with Crippen molar-refractivity contribution in [3.05, 3.63) is 30.0 Å².